The lowest BCUT2D eigenvalue weighted by Crippen LogP contribution is -2.05. The van der Waals surface area contributed by atoms with Gasteiger partial charge in [-0.2, -0.15) is 0 Å². The molecule has 2 aliphatic carbocycles. The molecule has 1 heteroatoms. The van der Waals surface area contributed by atoms with E-state index in [4.69, 9.17) is 4.74 Å². The van der Waals surface area contributed by atoms with Crippen LogP contribution in [0.5, 0.6) is 5.75 Å². The maximum absolute atomic E-state index is 6.04. The Labute approximate surface area is 157 Å². The van der Waals surface area contributed by atoms with Crippen LogP contribution >= 0.6 is 0 Å². The van der Waals surface area contributed by atoms with Crippen LogP contribution in [0.2, 0.25) is 0 Å². The van der Waals surface area contributed by atoms with E-state index in [9.17, 15) is 0 Å². The summed E-state index contributed by atoms with van der Waals surface area (Å²) < 4.78 is 6.04. The third kappa shape index (κ3) is 2.86. The van der Waals surface area contributed by atoms with E-state index >= 15 is 0 Å². The Morgan fingerprint density at radius 3 is 2.73 bits per heavy atom. The van der Waals surface area contributed by atoms with E-state index in [0.717, 1.165) is 18.9 Å². The number of hydrogen-bond donors (Lipinski definition) is 0. The highest BCUT2D eigenvalue weighted by atomic mass is 16.5. The quantitative estimate of drug-likeness (QED) is 0.616. The minimum atomic E-state index is 0.541. The molecule has 0 N–H and O–H groups in total. The van der Waals surface area contributed by atoms with Crippen LogP contribution in [0.4, 0.5) is 0 Å². The zero-order valence-electron chi connectivity index (χ0n) is 16.0. The molecule has 0 bridgehead atoms. The van der Waals surface area contributed by atoms with Crippen molar-refractivity contribution in [1.82, 2.24) is 0 Å². The predicted molar refractivity (Wildman–Crippen MR) is 107 cm³/mol. The fourth-order valence-electron chi connectivity index (χ4n) is 5.52. The van der Waals surface area contributed by atoms with Crippen LogP contribution in [-0.2, 0) is 12.8 Å². The number of aryl methyl sites for hydroxylation is 1. The van der Waals surface area contributed by atoms with Crippen LogP contribution in [0.15, 0.2) is 36.4 Å². The largest absolute Gasteiger partial charge is 0.492 e. The van der Waals surface area contributed by atoms with Crippen molar-refractivity contribution in [3.8, 4) is 5.75 Å². The molecule has 0 saturated heterocycles. The van der Waals surface area contributed by atoms with Crippen molar-refractivity contribution >= 4 is 0 Å². The zero-order chi connectivity index (χ0) is 17.5. The van der Waals surface area contributed by atoms with Crippen molar-refractivity contribution in [2.45, 2.75) is 76.0 Å². The molecular weight excluding hydrogens is 316 g/mol. The van der Waals surface area contributed by atoms with Crippen molar-refractivity contribution < 1.29 is 4.74 Å². The van der Waals surface area contributed by atoms with Gasteiger partial charge in [0.2, 0.25) is 0 Å². The van der Waals surface area contributed by atoms with Crippen molar-refractivity contribution in [3.63, 3.8) is 0 Å². The van der Waals surface area contributed by atoms with E-state index in [2.05, 4.69) is 43.3 Å². The molecular formula is C25H30O. The lowest BCUT2D eigenvalue weighted by molar-refractivity contribution is 0.334. The number of ether oxygens (including phenoxy) is 1. The average Bonchev–Trinajstić information content (AvgIpc) is 3.27. The summed E-state index contributed by atoms with van der Waals surface area (Å²) in [7, 11) is 0. The molecule has 136 valence electrons. The van der Waals surface area contributed by atoms with Gasteiger partial charge in [-0.15, -0.1) is 0 Å². The first-order valence-corrected chi connectivity index (χ1v) is 10.7. The number of fused-ring (bicyclic) bond motifs is 2. The third-order valence-electron chi connectivity index (χ3n) is 7.05. The normalized spacial score (nSPS) is 25.0. The minimum absolute atomic E-state index is 0.541. The van der Waals surface area contributed by atoms with Crippen molar-refractivity contribution in [3.05, 3.63) is 64.2 Å². The summed E-state index contributed by atoms with van der Waals surface area (Å²) in [5.41, 5.74) is 7.67. The first-order chi connectivity index (χ1) is 12.8. The van der Waals surface area contributed by atoms with Crippen LogP contribution in [0.25, 0.3) is 0 Å². The van der Waals surface area contributed by atoms with Gasteiger partial charge in [-0.3, -0.25) is 0 Å². The van der Waals surface area contributed by atoms with Gasteiger partial charge in [0.1, 0.15) is 5.75 Å². The van der Waals surface area contributed by atoms with Crippen LogP contribution in [-0.4, -0.2) is 6.61 Å². The molecule has 5 rings (SSSR count). The molecule has 2 unspecified atom stereocenters. The Morgan fingerprint density at radius 2 is 1.85 bits per heavy atom. The highest BCUT2D eigenvalue weighted by Gasteiger charge is 2.28. The molecule has 1 aliphatic heterocycles. The van der Waals surface area contributed by atoms with Gasteiger partial charge in [0.25, 0.3) is 0 Å². The molecule has 0 radical (unpaired) electrons. The molecule has 2 atom stereocenters. The molecule has 0 aromatic heterocycles. The molecule has 1 heterocycles. The highest BCUT2D eigenvalue weighted by Crippen LogP contribution is 2.43. The van der Waals surface area contributed by atoms with E-state index in [1.54, 1.807) is 16.7 Å². The summed E-state index contributed by atoms with van der Waals surface area (Å²) >= 11 is 0. The Balaban J connectivity index is 1.38. The monoisotopic (exact) mass is 346 g/mol. The number of para-hydroxylation sites is 1. The smallest absolute Gasteiger partial charge is 0.126 e. The van der Waals surface area contributed by atoms with E-state index in [1.807, 2.05) is 0 Å². The summed E-state index contributed by atoms with van der Waals surface area (Å²) in [6.07, 6.45) is 10.7. The lowest BCUT2D eigenvalue weighted by Gasteiger charge is -2.23. The molecule has 1 nitrogen and oxygen atoms in total. The van der Waals surface area contributed by atoms with Crippen molar-refractivity contribution in [1.29, 1.82) is 0 Å². The Morgan fingerprint density at radius 1 is 0.962 bits per heavy atom. The molecule has 0 spiro atoms. The van der Waals surface area contributed by atoms with Gasteiger partial charge >= 0.3 is 0 Å². The molecule has 1 fully saturated rings. The van der Waals surface area contributed by atoms with Crippen LogP contribution in [0, 0.1) is 0 Å². The van der Waals surface area contributed by atoms with Crippen LogP contribution < -0.4 is 4.74 Å². The van der Waals surface area contributed by atoms with E-state index in [-0.39, 0.29) is 0 Å². The maximum atomic E-state index is 6.04. The predicted octanol–water partition coefficient (Wildman–Crippen LogP) is 6.50. The van der Waals surface area contributed by atoms with Gasteiger partial charge in [-0.25, -0.2) is 0 Å². The third-order valence-corrected chi connectivity index (χ3v) is 7.05. The minimum Gasteiger partial charge on any atom is -0.492 e. The Hall–Kier alpha value is -1.76. The van der Waals surface area contributed by atoms with Crippen molar-refractivity contribution in [2.24, 2.45) is 0 Å². The van der Waals surface area contributed by atoms with E-state index in [0.29, 0.717) is 11.8 Å². The first kappa shape index (κ1) is 16.4. The summed E-state index contributed by atoms with van der Waals surface area (Å²) in [6, 6.07) is 14.2. The molecule has 1 saturated carbocycles. The zero-order valence-corrected chi connectivity index (χ0v) is 16.0. The molecule has 2 aromatic carbocycles. The second-order valence-electron chi connectivity index (χ2n) is 8.78. The van der Waals surface area contributed by atoms with Crippen LogP contribution in [0.1, 0.15) is 91.0 Å². The molecule has 0 amide bonds. The maximum Gasteiger partial charge on any atom is 0.126 e. The molecule has 2 aromatic rings. The summed E-state index contributed by atoms with van der Waals surface area (Å²) in [5, 5.41) is 0. The van der Waals surface area contributed by atoms with Gasteiger partial charge in [0.15, 0.2) is 0 Å². The average molecular weight is 347 g/mol. The molecule has 26 heavy (non-hydrogen) atoms. The lowest BCUT2D eigenvalue weighted by atomic mass is 9.83. The van der Waals surface area contributed by atoms with E-state index < -0.39 is 0 Å². The summed E-state index contributed by atoms with van der Waals surface area (Å²) in [4.78, 5) is 0. The number of benzene rings is 2. The topological polar surface area (TPSA) is 9.23 Å². The summed E-state index contributed by atoms with van der Waals surface area (Å²) in [5.74, 6) is 3.21. The molecule has 3 aliphatic rings. The summed E-state index contributed by atoms with van der Waals surface area (Å²) in [6.45, 7) is 3.12. The van der Waals surface area contributed by atoms with Gasteiger partial charge < -0.3 is 4.74 Å². The van der Waals surface area contributed by atoms with Crippen molar-refractivity contribution in [2.75, 3.05) is 6.61 Å². The van der Waals surface area contributed by atoms with Gasteiger partial charge in [0, 0.05) is 11.5 Å². The fourth-order valence-corrected chi connectivity index (χ4v) is 5.52. The fraction of sp³-hybridized carbons (Fsp3) is 0.520. The second kappa shape index (κ2) is 6.76. The highest BCUT2D eigenvalue weighted by molar-refractivity contribution is 5.48. The van der Waals surface area contributed by atoms with Gasteiger partial charge in [-0.05, 0) is 66.2 Å². The Bertz CT molecular complexity index is 800. The van der Waals surface area contributed by atoms with E-state index in [1.165, 1.54) is 61.8 Å². The SMILES string of the molecule is CC1COc2c(CC3CCc4cc(C5CCCCC5)ccc43)cccc21. The van der Waals surface area contributed by atoms with Crippen LogP contribution in [0.3, 0.4) is 0 Å². The second-order valence-corrected chi connectivity index (χ2v) is 8.78. The van der Waals surface area contributed by atoms with Gasteiger partial charge in [-0.1, -0.05) is 62.6 Å². The number of hydrogen-bond acceptors (Lipinski definition) is 1. The number of rotatable bonds is 3. The Kier molecular flexibility index (Phi) is 4.27. The van der Waals surface area contributed by atoms with Gasteiger partial charge in [0.05, 0.1) is 6.61 Å². The first-order valence-electron chi connectivity index (χ1n) is 10.7. The standard InChI is InChI=1S/C25H30O/c1-17-16-26-25-22(8-5-9-23(17)25)15-21-11-10-20-14-19(12-13-24(20)21)18-6-3-2-4-7-18/h5,8-9,12-14,17-18,21H,2-4,6-7,10-11,15-16H2,1H3.